The summed E-state index contributed by atoms with van der Waals surface area (Å²) in [5.74, 6) is 0.818. The molecule has 1 heterocycles. The Morgan fingerprint density at radius 3 is 2.89 bits per heavy atom. The second kappa shape index (κ2) is 6.04. The minimum absolute atomic E-state index is 0.0100. The van der Waals surface area contributed by atoms with Gasteiger partial charge in [0, 0.05) is 13.1 Å². The smallest absolute Gasteiger partial charge is 0.232 e. The van der Waals surface area contributed by atoms with E-state index < -0.39 is 5.41 Å². The second-order valence-electron chi connectivity index (χ2n) is 4.83. The monoisotopic (exact) mass is 264 g/mol. The summed E-state index contributed by atoms with van der Waals surface area (Å²) in [6.45, 7) is 1.77. The Bertz CT molecular complexity index is 439. The molecular formula is C14H20N2O3. The molecule has 1 aromatic carbocycles. The van der Waals surface area contributed by atoms with Gasteiger partial charge in [-0.1, -0.05) is 12.1 Å². The number of nitrogens with one attached hydrogen (secondary N) is 1. The fourth-order valence-electron chi connectivity index (χ4n) is 2.03. The lowest BCUT2D eigenvalue weighted by Gasteiger charge is -2.38. The lowest BCUT2D eigenvalue weighted by atomic mass is 9.85. The molecule has 0 saturated carbocycles. The van der Waals surface area contributed by atoms with Crippen LogP contribution in [0, 0.1) is 5.41 Å². The number of hydrogen-bond donors (Lipinski definition) is 2. The second-order valence-corrected chi connectivity index (χ2v) is 4.83. The number of carbonyl (C=O) groups excluding carboxylic acids is 1. The Labute approximate surface area is 113 Å². The number of methoxy groups -OCH3 is 1. The van der Waals surface area contributed by atoms with Crippen LogP contribution in [0.15, 0.2) is 24.3 Å². The van der Waals surface area contributed by atoms with Crippen molar-refractivity contribution in [2.75, 3.05) is 33.4 Å². The average Bonchev–Trinajstić information content (AvgIpc) is 2.38. The zero-order valence-corrected chi connectivity index (χ0v) is 11.1. The van der Waals surface area contributed by atoms with E-state index in [1.807, 2.05) is 24.3 Å². The summed E-state index contributed by atoms with van der Waals surface area (Å²) >= 11 is 0. The molecule has 1 aromatic rings. The first-order chi connectivity index (χ1) is 9.20. The van der Waals surface area contributed by atoms with Gasteiger partial charge in [0.05, 0.1) is 20.3 Å². The van der Waals surface area contributed by atoms with Crippen molar-refractivity contribution in [3.05, 3.63) is 29.8 Å². The van der Waals surface area contributed by atoms with Crippen molar-refractivity contribution in [2.24, 2.45) is 11.1 Å². The number of ether oxygens (including phenoxy) is 2. The quantitative estimate of drug-likeness (QED) is 0.776. The van der Waals surface area contributed by atoms with Crippen LogP contribution in [-0.2, 0) is 16.0 Å². The third-order valence-electron chi connectivity index (χ3n) is 3.46. The Hall–Kier alpha value is -1.59. The largest absolute Gasteiger partial charge is 0.497 e. The molecule has 0 spiro atoms. The van der Waals surface area contributed by atoms with E-state index in [0.29, 0.717) is 26.3 Å². The molecule has 0 bridgehead atoms. The molecule has 0 unspecified atom stereocenters. The third kappa shape index (κ3) is 3.05. The van der Waals surface area contributed by atoms with Gasteiger partial charge in [-0.3, -0.25) is 4.79 Å². The lowest BCUT2D eigenvalue weighted by Crippen LogP contribution is -2.58. The molecule has 1 aliphatic rings. The van der Waals surface area contributed by atoms with Crippen molar-refractivity contribution < 1.29 is 14.3 Å². The highest BCUT2D eigenvalue weighted by atomic mass is 16.5. The van der Waals surface area contributed by atoms with E-state index in [0.717, 1.165) is 17.7 Å². The van der Waals surface area contributed by atoms with Gasteiger partial charge in [-0.2, -0.15) is 0 Å². The van der Waals surface area contributed by atoms with Crippen LogP contribution >= 0.6 is 0 Å². The number of nitrogens with two attached hydrogens (primary N) is 1. The van der Waals surface area contributed by atoms with Gasteiger partial charge >= 0.3 is 0 Å². The van der Waals surface area contributed by atoms with Gasteiger partial charge in [0.2, 0.25) is 5.91 Å². The number of rotatable bonds is 6. The van der Waals surface area contributed by atoms with E-state index in [9.17, 15) is 4.79 Å². The van der Waals surface area contributed by atoms with E-state index in [2.05, 4.69) is 5.32 Å². The molecule has 1 aliphatic heterocycles. The lowest BCUT2D eigenvalue weighted by molar-refractivity contribution is -0.159. The van der Waals surface area contributed by atoms with Gasteiger partial charge in [-0.25, -0.2) is 0 Å². The first-order valence-electron chi connectivity index (χ1n) is 6.39. The van der Waals surface area contributed by atoms with Crippen LogP contribution in [-0.4, -0.2) is 39.3 Å². The van der Waals surface area contributed by atoms with Crippen LogP contribution < -0.4 is 15.8 Å². The Balaban J connectivity index is 1.81. The summed E-state index contributed by atoms with van der Waals surface area (Å²) in [6.07, 6.45) is 0.768. The van der Waals surface area contributed by atoms with Gasteiger partial charge in [-0.15, -0.1) is 0 Å². The van der Waals surface area contributed by atoms with Crippen LogP contribution in [0.4, 0.5) is 0 Å². The van der Waals surface area contributed by atoms with E-state index in [4.69, 9.17) is 15.2 Å². The van der Waals surface area contributed by atoms with E-state index in [-0.39, 0.29) is 5.91 Å². The first kappa shape index (κ1) is 13.8. The van der Waals surface area contributed by atoms with Gasteiger partial charge in [-0.05, 0) is 24.1 Å². The summed E-state index contributed by atoms with van der Waals surface area (Å²) < 4.78 is 10.2. The zero-order chi connectivity index (χ0) is 13.7. The van der Waals surface area contributed by atoms with Gasteiger partial charge in [0.25, 0.3) is 0 Å². The van der Waals surface area contributed by atoms with Crippen molar-refractivity contribution >= 4 is 5.91 Å². The number of amides is 1. The molecule has 0 atom stereocenters. The highest BCUT2D eigenvalue weighted by molar-refractivity contribution is 5.84. The van der Waals surface area contributed by atoms with Crippen LogP contribution in [0.3, 0.4) is 0 Å². The summed E-state index contributed by atoms with van der Waals surface area (Å²) in [6, 6.07) is 7.82. The van der Waals surface area contributed by atoms with Crippen LogP contribution in [0.1, 0.15) is 5.56 Å². The minimum Gasteiger partial charge on any atom is -0.497 e. The first-order valence-corrected chi connectivity index (χ1v) is 6.39. The van der Waals surface area contributed by atoms with Crippen LogP contribution in [0.25, 0.3) is 0 Å². The van der Waals surface area contributed by atoms with E-state index in [1.54, 1.807) is 7.11 Å². The fraction of sp³-hybridized carbons (Fsp3) is 0.500. The fourth-order valence-corrected chi connectivity index (χ4v) is 2.03. The van der Waals surface area contributed by atoms with Gasteiger partial charge in [0.15, 0.2) is 0 Å². The van der Waals surface area contributed by atoms with Crippen molar-refractivity contribution in [1.82, 2.24) is 5.32 Å². The molecule has 3 N–H and O–H groups in total. The minimum atomic E-state index is -0.506. The van der Waals surface area contributed by atoms with Crippen LogP contribution in [0.2, 0.25) is 0 Å². The van der Waals surface area contributed by atoms with Gasteiger partial charge in [0.1, 0.15) is 11.2 Å². The Morgan fingerprint density at radius 2 is 2.32 bits per heavy atom. The van der Waals surface area contributed by atoms with Crippen molar-refractivity contribution in [2.45, 2.75) is 6.42 Å². The summed E-state index contributed by atoms with van der Waals surface area (Å²) in [5, 5.41) is 2.92. The average molecular weight is 264 g/mol. The molecule has 0 aromatic heterocycles. The Kier molecular flexibility index (Phi) is 4.39. The maximum atomic E-state index is 12.0. The Morgan fingerprint density at radius 1 is 1.53 bits per heavy atom. The van der Waals surface area contributed by atoms with Crippen molar-refractivity contribution in [3.63, 3.8) is 0 Å². The maximum absolute atomic E-state index is 12.0. The van der Waals surface area contributed by atoms with E-state index >= 15 is 0 Å². The standard InChI is InChI=1S/C14H20N2O3/c1-18-12-4-2-3-11(7-12)5-6-16-13(17)14(8-15)9-19-10-14/h2-4,7H,5-6,8-10,15H2,1H3,(H,16,17). The third-order valence-corrected chi connectivity index (χ3v) is 3.46. The normalized spacial score (nSPS) is 16.5. The van der Waals surface area contributed by atoms with Gasteiger partial charge < -0.3 is 20.5 Å². The predicted molar refractivity (Wildman–Crippen MR) is 72.0 cm³/mol. The predicted octanol–water partition coefficient (Wildman–Crippen LogP) is 0.329. The molecule has 5 nitrogen and oxygen atoms in total. The molecular weight excluding hydrogens is 244 g/mol. The van der Waals surface area contributed by atoms with Crippen molar-refractivity contribution in [3.8, 4) is 5.75 Å². The molecule has 5 heteroatoms. The summed E-state index contributed by atoms with van der Waals surface area (Å²) in [5.41, 5.74) is 6.26. The number of benzene rings is 1. The highest BCUT2D eigenvalue weighted by Crippen LogP contribution is 2.26. The number of hydrogen-bond acceptors (Lipinski definition) is 4. The molecule has 1 amide bonds. The summed E-state index contributed by atoms with van der Waals surface area (Å²) in [4.78, 5) is 12.0. The molecule has 0 radical (unpaired) electrons. The molecule has 2 rings (SSSR count). The molecule has 0 aliphatic carbocycles. The molecule has 19 heavy (non-hydrogen) atoms. The summed E-state index contributed by atoms with van der Waals surface area (Å²) in [7, 11) is 1.64. The maximum Gasteiger partial charge on any atom is 0.232 e. The van der Waals surface area contributed by atoms with Crippen LogP contribution in [0.5, 0.6) is 5.75 Å². The highest BCUT2D eigenvalue weighted by Gasteiger charge is 2.44. The topological polar surface area (TPSA) is 73.6 Å². The molecule has 1 fully saturated rings. The van der Waals surface area contributed by atoms with Crippen molar-refractivity contribution in [1.29, 1.82) is 0 Å². The molecule has 1 saturated heterocycles. The molecule has 104 valence electrons. The SMILES string of the molecule is COc1cccc(CCNC(=O)C2(CN)COC2)c1. The zero-order valence-electron chi connectivity index (χ0n) is 11.1. The van der Waals surface area contributed by atoms with E-state index in [1.165, 1.54) is 0 Å². The number of carbonyl (C=O) groups is 1.